The zero-order valence-corrected chi connectivity index (χ0v) is 11.0. The second kappa shape index (κ2) is 5.82. The number of hydrogen-bond acceptors (Lipinski definition) is 4. The fourth-order valence-electron chi connectivity index (χ4n) is 2.57. The van der Waals surface area contributed by atoms with Crippen LogP contribution in [0.25, 0.3) is 0 Å². The summed E-state index contributed by atoms with van der Waals surface area (Å²) in [5.74, 6) is 2.08. The van der Waals surface area contributed by atoms with Crippen LogP contribution in [0.5, 0.6) is 0 Å². The molecule has 0 unspecified atom stereocenters. The van der Waals surface area contributed by atoms with E-state index < -0.39 is 0 Å². The summed E-state index contributed by atoms with van der Waals surface area (Å²) in [6.07, 6.45) is 12.1. The number of H-pyrrole nitrogens is 1. The minimum absolute atomic E-state index is 0.921. The highest BCUT2D eigenvalue weighted by Crippen LogP contribution is 2.24. The van der Waals surface area contributed by atoms with E-state index in [1.165, 1.54) is 24.1 Å². The average Bonchev–Trinajstić information content (AvgIpc) is 2.97. The molecule has 0 radical (unpaired) electrons. The number of anilines is 1. The smallest absolute Gasteiger partial charge is 0.132 e. The first-order valence-electron chi connectivity index (χ1n) is 6.98. The molecule has 100 valence electrons. The van der Waals surface area contributed by atoms with Gasteiger partial charge in [-0.25, -0.2) is 15.0 Å². The van der Waals surface area contributed by atoms with E-state index in [1.807, 2.05) is 6.20 Å². The molecule has 0 aromatic carbocycles. The van der Waals surface area contributed by atoms with Crippen molar-refractivity contribution in [1.29, 1.82) is 0 Å². The van der Waals surface area contributed by atoms with Crippen LogP contribution in [-0.4, -0.2) is 26.5 Å². The molecule has 0 bridgehead atoms. The van der Waals surface area contributed by atoms with Crippen molar-refractivity contribution in [3.05, 3.63) is 35.8 Å². The number of nitrogens with one attached hydrogen (secondary N) is 2. The number of nitrogens with zero attached hydrogens (tertiary/aromatic N) is 3. The van der Waals surface area contributed by atoms with Gasteiger partial charge in [-0.3, -0.25) is 0 Å². The molecule has 0 aliphatic heterocycles. The highest BCUT2D eigenvalue weighted by atomic mass is 15.0. The summed E-state index contributed by atoms with van der Waals surface area (Å²) in [5.41, 5.74) is 2.56. The number of hydrogen-bond donors (Lipinski definition) is 2. The summed E-state index contributed by atoms with van der Waals surface area (Å²) in [6.45, 7) is 0.921. The fraction of sp³-hybridized carbons (Fsp3) is 0.500. The number of imidazole rings is 1. The highest BCUT2D eigenvalue weighted by Gasteiger charge is 2.14. The molecule has 3 rings (SSSR count). The molecule has 2 N–H and O–H groups in total. The van der Waals surface area contributed by atoms with Crippen LogP contribution in [0.2, 0.25) is 0 Å². The van der Waals surface area contributed by atoms with E-state index in [4.69, 9.17) is 0 Å². The fourth-order valence-corrected chi connectivity index (χ4v) is 2.57. The van der Waals surface area contributed by atoms with E-state index in [9.17, 15) is 0 Å². The van der Waals surface area contributed by atoms with Crippen LogP contribution in [0.3, 0.4) is 0 Å². The van der Waals surface area contributed by atoms with Gasteiger partial charge in [-0.1, -0.05) is 0 Å². The predicted octanol–water partition coefficient (Wildman–Crippen LogP) is 2.12. The third-order valence-electron chi connectivity index (χ3n) is 3.56. The second-order valence-corrected chi connectivity index (χ2v) is 4.92. The number of aryl methyl sites for hydroxylation is 2. The summed E-state index contributed by atoms with van der Waals surface area (Å²) >= 11 is 0. The van der Waals surface area contributed by atoms with E-state index in [0.717, 1.165) is 43.9 Å². The first kappa shape index (κ1) is 12.1. The Balaban J connectivity index is 1.55. The third kappa shape index (κ3) is 2.92. The lowest BCUT2D eigenvalue weighted by Crippen LogP contribution is -2.13. The summed E-state index contributed by atoms with van der Waals surface area (Å²) in [6, 6.07) is 0. The van der Waals surface area contributed by atoms with E-state index >= 15 is 0 Å². The molecule has 2 aromatic rings. The molecule has 0 atom stereocenters. The van der Waals surface area contributed by atoms with E-state index in [1.54, 1.807) is 12.5 Å². The lowest BCUT2D eigenvalue weighted by molar-refractivity contribution is 0.662. The van der Waals surface area contributed by atoms with Gasteiger partial charge in [0.25, 0.3) is 0 Å². The van der Waals surface area contributed by atoms with Gasteiger partial charge in [-0.2, -0.15) is 0 Å². The molecule has 0 saturated heterocycles. The van der Waals surface area contributed by atoms with Crippen LogP contribution in [0.1, 0.15) is 36.3 Å². The molecular formula is C14H19N5. The maximum Gasteiger partial charge on any atom is 0.132 e. The maximum atomic E-state index is 4.38. The minimum Gasteiger partial charge on any atom is -0.370 e. The molecule has 19 heavy (non-hydrogen) atoms. The average molecular weight is 257 g/mol. The first-order chi connectivity index (χ1) is 9.43. The van der Waals surface area contributed by atoms with Gasteiger partial charge in [0.15, 0.2) is 0 Å². The predicted molar refractivity (Wildman–Crippen MR) is 74.1 cm³/mol. The van der Waals surface area contributed by atoms with Gasteiger partial charge in [0, 0.05) is 36.6 Å². The van der Waals surface area contributed by atoms with Gasteiger partial charge in [0.05, 0.1) is 0 Å². The van der Waals surface area contributed by atoms with Gasteiger partial charge in [0.1, 0.15) is 18.0 Å². The van der Waals surface area contributed by atoms with Gasteiger partial charge in [0.2, 0.25) is 0 Å². The third-order valence-corrected chi connectivity index (χ3v) is 3.56. The summed E-state index contributed by atoms with van der Waals surface area (Å²) < 4.78 is 0. The number of rotatable bonds is 5. The van der Waals surface area contributed by atoms with Gasteiger partial charge in [-0.15, -0.1) is 0 Å². The van der Waals surface area contributed by atoms with Crippen molar-refractivity contribution in [1.82, 2.24) is 19.9 Å². The van der Waals surface area contributed by atoms with Crippen LogP contribution < -0.4 is 5.32 Å². The molecule has 5 nitrogen and oxygen atoms in total. The second-order valence-electron chi connectivity index (χ2n) is 4.92. The van der Waals surface area contributed by atoms with Gasteiger partial charge < -0.3 is 10.3 Å². The number of fused-ring (bicyclic) bond motifs is 1. The van der Waals surface area contributed by atoms with Gasteiger partial charge in [-0.05, 0) is 32.1 Å². The Morgan fingerprint density at radius 1 is 1.16 bits per heavy atom. The molecule has 0 saturated carbocycles. The summed E-state index contributed by atoms with van der Waals surface area (Å²) in [5, 5.41) is 3.44. The minimum atomic E-state index is 0.921. The molecule has 1 aliphatic carbocycles. The van der Waals surface area contributed by atoms with E-state index in [-0.39, 0.29) is 0 Å². The van der Waals surface area contributed by atoms with Crippen molar-refractivity contribution in [3.63, 3.8) is 0 Å². The Kier molecular flexibility index (Phi) is 3.72. The molecule has 5 heteroatoms. The van der Waals surface area contributed by atoms with E-state index in [2.05, 4.69) is 25.3 Å². The maximum absolute atomic E-state index is 4.38. The van der Waals surface area contributed by atoms with Crippen LogP contribution in [0, 0.1) is 0 Å². The van der Waals surface area contributed by atoms with Crippen LogP contribution in [-0.2, 0) is 19.3 Å². The SMILES string of the molecule is c1c[nH]c(CCCNc2ncnc3c2CCCC3)n1. The lowest BCUT2D eigenvalue weighted by atomic mass is 9.96. The first-order valence-corrected chi connectivity index (χ1v) is 6.98. The Labute approximate surface area is 112 Å². The number of aromatic amines is 1. The van der Waals surface area contributed by atoms with Crippen LogP contribution >= 0.6 is 0 Å². The Bertz CT molecular complexity index is 521. The normalized spacial score (nSPS) is 14.1. The van der Waals surface area contributed by atoms with Crippen molar-refractivity contribution >= 4 is 5.82 Å². The van der Waals surface area contributed by atoms with Crippen molar-refractivity contribution in [2.24, 2.45) is 0 Å². The lowest BCUT2D eigenvalue weighted by Gasteiger charge is -2.17. The monoisotopic (exact) mass is 257 g/mol. The van der Waals surface area contributed by atoms with E-state index in [0.29, 0.717) is 0 Å². The molecule has 2 heterocycles. The van der Waals surface area contributed by atoms with Crippen molar-refractivity contribution < 1.29 is 0 Å². The standard InChI is InChI=1S/C14H19N5/c1-2-5-12-11(4-1)14(19-10-18-12)17-7-3-6-13-15-8-9-16-13/h8-10H,1-7H2,(H,15,16)(H,17,18,19). The van der Waals surface area contributed by atoms with Crippen molar-refractivity contribution in [2.45, 2.75) is 38.5 Å². The Morgan fingerprint density at radius 2 is 2.11 bits per heavy atom. The summed E-state index contributed by atoms with van der Waals surface area (Å²) in [7, 11) is 0. The largest absolute Gasteiger partial charge is 0.370 e. The van der Waals surface area contributed by atoms with Gasteiger partial charge >= 0.3 is 0 Å². The van der Waals surface area contributed by atoms with Crippen molar-refractivity contribution in [2.75, 3.05) is 11.9 Å². The Hall–Kier alpha value is -1.91. The molecular weight excluding hydrogens is 238 g/mol. The topological polar surface area (TPSA) is 66.5 Å². The van der Waals surface area contributed by atoms with Crippen molar-refractivity contribution in [3.8, 4) is 0 Å². The van der Waals surface area contributed by atoms with Crippen LogP contribution in [0.4, 0.5) is 5.82 Å². The highest BCUT2D eigenvalue weighted by molar-refractivity contribution is 5.46. The quantitative estimate of drug-likeness (QED) is 0.805. The zero-order chi connectivity index (χ0) is 12.9. The van der Waals surface area contributed by atoms with Crippen LogP contribution in [0.15, 0.2) is 18.7 Å². The zero-order valence-electron chi connectivity index (χ0n) is 11.0. The molecule has 1 aliphatic rings. The Morgan fingerprint density at radius 3 is 3.00 bits per heavy atom. The molecule has 2 aromatic heterocycles. The summed E-state index contributed by atoms with van der Waals surface area (Å²) in [4.78, 5) is 16.1. The molecule has 0 spiro atoms. The molecule has 0 amide bonds. The number of aromatic nitrogens is 4. The molecule has 0 fully saturated rings.